The fourth-order valence-electron chi connectivity index (χ4n) is 1.41. The van der Waals surface area contributed by atoms with Crippen molar-refractivity contribution in [2.24, 2.45) is 0 Å². The van der Waals surface area contributed by atoms with Gasteiger partial charge in [0.1, 0.15) is 17.5 Å². The van der Waals surface area contributed by atoms with E-state index < -0.39 is 17.5 Å². The lowest BCUT2D eigenvalue weighted by Crippen LogP contribution is -1.91. The Balaban J connectivity index is 2.63. The number of benzene rings is 2. The highest BCUT2D eigenvalue weighted by molar-refractivity contribution is 9.10. The molecule has 0 radical (unpaired) electrons. The van der Waals surface area contributed by atoms with Crippen molar-refractivity contribution in [3.63, 3.8) is 0 Å². The van der Waals surface area contributed by atoms with Crippen LogP contribution in [-0.4, -0.2) is 0 Å². The largest absolute Gasteiger partial charge is 0.207 e. The summed E-state index contributed by atoms with van der Waals surface area (Å²) in [6.45, 7) is 0. The van der Waals surface area contributed by atoms with E-state index in [2.05, 4.69) is 15.9 Å². The summed E-state index contributed by atoms with van der Waals surface area (Å²) in [5, 5.41) is 0. The molecule has 4 heteroatoms. The van der Waals surface area contributed by atoms with Crippen LogP contribution in [-0.2, 0) is 0 Å². The van der Waals surface area contributed by atoms with Gasteiger partial charge in [-0.3, -0.25) is 0 Å². The molecule has 2 rings (SSSR count). The van der Waals surface area contributed by atoms with Crippen LogP contribution in [0.2, 0.25) is 0 Å². The normalized spacial score (nSPS) is 10.5. The highest BCUT2D eigenvalue weighted by Gasteiger charge is 2.13. The first kappa shape index (κ1) is 11.2. The molecule has 0 spiro atoms. The third-order valence-electron chi connectivity index (χ3n) is 2.18. The lowest BCUT2D eigenvalue weighted by molar-refractivity contribution is 0.585. The molecule has 2 aromatic carbocycles. The van der Waals surface area contributed by atoms with Gasteiger partial charge in [0.2, 0.25) is 0 Å². The van der Waals surface area contributed by atoms with Crippen LogP contribution in [0.3, 0.4) is 0 Å². The van der Waals surface area contributed by atoms with Crippen LogP contribution in [0.1, 0.15) is 0 Å². The molecule has 0 unspecified atom stereocenters. The molecule has 16 heavy (non-hydrogen) atoms. The first-order valence-electron chi connectivity index (χ1n) is 4.49. The minimum atomic E-state index is -0.688. The molecule has 0 amide bonds. The van der Waals surface area contributed by atoms with Crippen molar-refractivity contribution in [3.8, 4) is 11.1 Å². The molecule has 0 saturated carbocycles. The average Bonchev–Trinajstić information content (AvgIpc) is 2.27. The Kier molecular flexibility index (Phi) is 3.01. The molecule has 2 aromatic rings. The van der Waals surface area contributed by atoms with Gasteiger partial charge in [0.15, 0.2) is 0 Å². The van der Waals surface area contributed by atoms with Crippen LogP contribution >= 0.6 is 15.9 Å². The quantitative estimate of drug-likeness (QED) is 0.676. The molecule has 0 aliphatic heterocycles. The number of halogens is 4. The van der Waals surface area contributed by atoms with Gasteiger partial charge in [-0.25, -0.2) is 13.2 Å². The molecule has 0 fully saturated rings. The van der Waals surface area contributed by atoms with Crippen molar-refractivity contribution < 1.29 is 13.2 Å². The highest BCUT2D eigenvalue weighted by atomic mass is 79.9. The van der Waals surface area contributed by atoms with Crippen molar-refractivity contribution in [2.45, 2.75) is 0 Å². The molecule has 82 valence electrons. The molecule has 0 aliphatic rings. The summed E-state index contributed by atoms with van der Waals surface area (Å²) in [7, 11) is 0. The van der Waals surface area contributed by atoms with Gasteiger partial charge < -0.3 is 0 Å². The predicted molar refractivity (Wildman–Crippen MR) is 59.5 cm³/mol. The molecule has 0 nitrogen and oxygen atoms in total. The van der Waals surface area contributed by atoms with E-state index in [0.717, 1.165) is 18.2 Å². The minimum absolute atomic E-state index is 0.158. The smallest absolute Gasteiger partial charge is 0.148 e. The topological polar surface area (TPSA) is 0 Å². The lowest BCUT2D eigenvalue weighted by atomic mass is 10.0. The fraction of sp³-hybridized carbons (Fsp3) is 0. The summed E-state index contributed by atoms with van der Waals surface area (Å²) in [6.07, 6.45) is 0. The zero-order chi connectivity index (χ0) is 11.7. The summed E-state index contributed by atoms with van der Waals surface area (Å²) in [5.74, 6) is -1.81. The Labute approximate surface area is 98.9 Å². The molecule has 0 atom stereocenters. The molecule has 0 saturated heterocycles. The zero-order valence-corrected chi connectivity index (χ0v) is 9.56. The van der Waals surface area contributed by atoms with Crippen molar-refractivity contribution in [3.05, 3.63) is 58.3 Å². The van der Waals surface area contributed by atoms with E-state index >= 15 is 0 Å². The standard InChI is InChI=1S/C12H6BrF3/c13-9-5-6-10(15)11(12(9)16)7-1-3-8(14)4-2-7/h1-6H. The summed E-state index contributed by atoms with van der Waals surface area (Å²) < 4.78 is 40.0. The first-order chi connectivity index (χ1) is 7.59. The maximum atomic E-state index is 13.7. The molecule has 0 bridgehead atoms. The monoisotopic (exact) mass is 286 g/mol. The van der Waals surface area contributed by atoms with E-state index in [1.165, 1.54) is 18.2 Å². The molecule has 0 heterocycles. The Morgan fingerprint density at radius 2 is 1.44 bits per heavy atom. The van der Waals surface area contributed by atoms with Gasteiger partial charge in [0, 0.05) is 0 Å². The number of rotatable bonds is 1. The minimum Gasteiger partial charge on any atom is -0.207 e. The van der Waals surface area contributed by atoms with Crippen LogP contribution in [0.25, 0.3) is 11.1 Å². The zero-order valence-electron chi connectivity index (χ0n) is 7.98. The molecular weight excluding hydrogens is 281 g/mol. The van der Waals surface area contributed by atoms with Crippen LogP contribution in [0.4, 0.5) is 13.2 Å². The van der Waals surface area contributed by atoms with E-state index in [1.54, 1.807) is 0 Å². The summed E-state index contributed by atoms with van der Waals surface area (Å²) in [5.41, 5.74) is 0.145. The van der Waals surface area contributed by atoms with Crippen LogP contribution in [0.15, 0.2) is 40.9 Å². The average molecular weight is 287 g/mol. The van der Waals surface area contributed by atoms with E-state index in [4.69, 9.17) is 0 Å². The molecular formula is C12H6BrF3. The maximum absolute atomic E-state index is 13.7. The van der Waals surface area contributed by atoms with Gasteiger partial charge in [-0.2, -0.15) is 0 Å². The van der Waals surface area contributed by atoms with Crippen molar-refractivity contribution >= 4 is 15.9 Å². The van der Waals surface area contributed by atoms with Gasteiger partial charge >= 0.3 is 0 Å². The highest BCUT2D eigenvalue weighted by Crippen LogP contribution is 2.30. The second kappa shape index (κ2) is 4.29. The van der Waals surface area contributed by atoms with Gasteiger partial charge in [-0.05, 0) is 45.8 Å². The molecule has 0 N–H and O–H groups in total. The van der Waals surface area contributed by atoms with E-state index in [1.807, 2.05) is 0 Å². The molecule has 0 aliphatic carbocycles. The van der Waals surface area contributed by atoms with Gasteiger partial charge in [0.25, 0.3) is 0 Å². The number of hydrogen-bond donors (Lipinski definition) is 0. The van der Waals surface area contributed by atoms with E-state index in [-0.39, 0.29) is 10.0 Å². The summed E-state index contributed by atoms with van der Waals surface area (Å²) >= 11 is 2.98. The number of hydrogen-bond acceptors (Lipinski definition) is 0. The van der Waals surface area contributed by atoms with Crippen LogP contribution in [0.5, 0.6) is 0 Å². The third kappa shape index (κ3) is 1.97. The Bertz CT molecular complexity index is 521. The lowest BCUT2D eigenvalue weighted by Gasteiger charge is -2.06. The van der Waals surface area contributed by atoms with Gasteiger partial charge in [0.05, 0.1) is 10.0 Å². The van der Waals surface area contributed by atoms with Crippen molar-refractivity contribution in [1.82, 2.24) is 0 Å². The van der Waals surface area contributed by atoms with Gasteiger partial charge in [-0.15, -0.1) is 0 Å². The van der Waals surface area contributed by atoms with Crippen LogP contribution in [0, 0.1) is 17.5 Å². The predicted octanol–water partition coefficient (Wildman–Crippen LogP) is 4.53. The van der Waals surface area contributed by atoms with Crippen LogP contribution < -0.4 is 0 Å². The first-order valence-corrected chi connectivity index (χ1v) is 5.28. The van der Waals surface area contributed by atoms with Crippen molar-refractivity contribution in [2.75, 3.05) is 0 Å². The fourth-order valence-corrected chi connectivity index (χ4v) is 1.74. The van der Waals surface area contributed by atoms with Crippen molar-refractivity contribution in [1.29, 1.82) is 0 Å². The summed E-state index contributed by atoms with van der Waals surface area (Å²) in [6, 6.07) is 7.44. The Hall–Kier alpha value is -1.29. The van der Waals surface area contributed by atoms with Gasteiger partial charge in [-0.1, -0.05) is 12.1 Å². The Morgan fingerprint density at radius 1 is 0.812 bits per heavy atom. The second-order valence-electron chi connectivity index (χ2n) is 3.23. The third-order valence-corrected chi connectivity index (χ3v) is 2.79. The Morgan fingerprint density at radius 3 is 2.06 bits per heavy atom. The molecule has 0 aromatic heterocycles. The maximum Gasteiger partial charge on any atom is 0.148 e. The van der Waals surface area contributed by atoms with E-state index in [0.29, 0.717) is 5.56 Å². The van der Waals surface area contributed by atoms with E-state index in [9.17, 15) is 13.2 Å². The SMILES string of the molecule is Fc1ccc(-c2c(F)ccc(Br)c2F)cc1. The second-order valence-corrected chi connectivity index (χ2v) is 4.08. The summed E-state index contributed by atoms with van der Waals surface area (Å²) in [4.78, 5) is 0.